The van der Waals surface area contributed by atoms with E-state index >= 15 is 0 Å². The lowest BCUT2D eigenvalue weighted by Gasteiger charge is -2.04. The van der Waals surface area contributed by atoms with Crippen LogP contribution in [0.5, 0.6) is 5.75 Å². The van der Waals surface area contributed by atoms with Gasteiger partial charge in [-0.05, 0) is 17.7 Å². The first-order valence-corrected chi connectivity index (χ1v) is 6.01. The molecule has 0 amide bonds. The number of hydrogen-bond donors (Lipinski definition) is 0. The molecule has 0 aromatic heterocycles. The van der Waals surface area contributed by atoms with E-state index in [9.17, 15) is 12.3 Å². The van der Waals surface area contributed by atoms with Gasteiger partial charge in [-0.25, -0.2) is 0 Å². The molecule has 0 aliphatic rings. The Hall–Kier alpha value is -0.620. The minimum atomic E-state index is -4.49. The zero-order valence-corrected chi connectivity index (χ0v) is 9.73. The zero-order chi connectivity index (χ0) is 10.8. The van der Waals surface area contributed by atoms with Crippen molar-refractivity contribution in [1.29, 1.82) is 0 Å². The smallest absolute Gasteiger partial charge is 0.306 e. The lowest BCUT2D eigenvalue weighted by atomic mass is 10.2. The standard InChI is InChI=1S/C8H8BrFO3S/c1-13-7-3-2-6(8(9)4-7)5-14(10,11)12/h2-4H,5H2,1H3. The van der Waals surface area contributed by atoms with E-state index in [0.717, 1.165) is 0 Å². The van der Waals surface area contributed by atoms with Gasteiger partial charge in [-0.15, -0.1) is 3.89 Å². The van der Waals surface area contributed by atoms with Gasteiger partial charge in [0.1, 0.15) is 11.5 Å². The van der Waals surface area contributed by atoms with Crippen LogP contribution >= 0.6 is 15.9 Å². The normalized spacial score (nSPS) is 11.4. The van der Waals surface area contributed by atoms with Crippen LogP contribution < -0.4 is 4.74 Å². The molecule has 0 heterocycles. The fourth-order valence-electron chi connectivity index (χ4n) is 0.958. The molecular weight excluding hydrogens is 275 g/mol. The highest BCUT2D eigenvalue weighted by atomic mass is 79.9. The summed E-state index contributed by atoms with van der Waals surface area (Å²) >= 11 is 3.13. The van der Waals surface area contributed by atoms with E-state index in [1.807, 2.05) is 0 Å². The lowest BCUT2D eigenvalue weighted by molar-refractivity contribution is 0.414. The van der Waals surface area contributed by atoms with E-state index in [1.165, 1.54) is 13.2 Å². The van der Waals surface area contributed by atoms with Gasteiger partial charge >= 0.3 is 10.2 Å². The van der Waals surface area contributed by atoms with Crippen molar-refractivity contribution in [2.75, 3.05) is 7.11 Å². The Morgan fingerprint density at radius 3 is 2.57 bits per heavy atom. The van der Waals surface area contributed by atoms with E-state index in [0.29, 0.717) is 15.8 Å². The Morgan fingerprint density at radius 1 is 1.50 bits per heavy atom. The first-order valence-electron chi connectivity index (χ1n) is 3.67. The third-order valence-electron chi connectivity index (χ3n) is 1.59. The summed E-state index contributed by atoms with van der Waals surface area (Å²) in [7, 11) is -3.00. The summed E-state index contributed by atoms with van der Waals surface area (Å²) in [6, 6.07) is 4.66. The second kappa shape index (κ2) is 4.27. The fraction of sp³-hybridized carbons (Fsp3) is 0.250. The third-order valence-corrected chi connectivity index (χ3v) is 2.98. The Labute approximate surface area is 90.2 Å². The summed E-state index contributed by atoms with van der Waals surface area (Å²) in [5.41, 5.74) is 0.369. The van der Waals surface area contributed by atoms with E-state index in [-0.39, 0.29) is 0 Å². The Kier molecular flexibility index (Phi) is 3.49. The van der Waals surface area contributed by atoms with Crippen LogP contribution in [0.15, 0.2) is 22.7 Å². The number of methoxy groups -OCH3 is 1. The van der Waals surface area contributed by atoms with Gasteiger partial charge in [0, 0.05) is 4.47 Å². The molecule has 1 aromatic rings. The third kappa shape index (κ3) is 3.26. The predicted octanol–water partition coefficient (Wildman–Crippen LogP) is 2.26. The molecule has 0 saturated carbocycles. The van der Waals surface area contributed by atoms with Crippen molar-refractivity contribution in [3.8, 4) is 5.75 Å². The van der Waals surface area contributed by atoms with Crippen LogP contribution in [0.3, 0.4) is 0 Å². The molecule has 0 bridgehead atoms. The summed E-state index contributed by atoms with van der Waals surface area (Å²) in [4.78, 5) is 0. The summed E-state index contributed by atoms with van der Waals surface area (Å²) in [6.45, 7) is 0. The van der Waals surface area contributed by atoms with E-state index in [4.69, 9.17) is 4.74 Å². The van der Waals surface area contributed by atoms with Crippen molar-refractivity contribution in [2.24, 2.45) is 0 Å². The molecule has 14 heavy (non-hydrogen) atoms. The van der Waals surface area contributed by atoms with Crippen LogP contribution in [-0.2, 0) is 16.0 Å². The maximum absolute atomic E-state index is 12.4. The monoisotopic (exact) mass is 282 g/mol. The van der Waals surface area contributed by atoms with Crippen molar-refractivity contribution in [1.82, 2.24) is 0 Å². The van der Waals surface area contributed by atoms with E-state index in [1.54, 1.807) is 12.1 Å². The van der Waals surface area contributed by atoms with Gasteiger partial charge in [0.15, 0.2) is 0 Å². The van der Waals surface area contributed by atoms with Gasteiger partial charge < -0.3 is 4.74 Å². The minimum absolute atomic E-state index is 0.369. The second-order valence-electron chi connectivity index (χ2n) is 2.64. The maximum Gasteiger partial charge on any atom is 0.306 e. The van der Waals surface area contributed by atoms with E-state index < -0.39 is 16.0 Å². The molecule has 0 atom stereocenters. The Bertz CT molecular complexity index is 430. The molecular formula is C8H8BrFO3S. The highest BCUT2D eigenvalue weighted by molar-refractivity contribution is 9.10. The average Bonchev–Trinajstić information content (AvgIpc) is 2.06. The van der Waals surface area contributed by atoms with Crippen LogP contribution in [0.1, 0.15) is 5.56 Å². The Balaban J connectivity index is 3.01. The topological polar surface area (TPSA) is 43.4 Å². The lowest BCUT2D eigenvalue weighted by Crippen LogP contribution is -1.97. The molecule has 1 rings (SSSR count). The molecule has 1 aromatic carbocycles. The molecule has 0 N–H and O–H groups in total. The molecule has 0 spiro atoms. The molecule has 6 heteroatoms. The molecule has 0 saturated heterocycles. The van der Waals surface area contributed by atoms with Crippen LogP contribution in [0.25, 0.3) is 0 Å². The predicted molar refractivity (Wildman–Crippen MR) is 54.4 cm³/mol. The highest BCUT2D eigenvalue weighted by Gasteiger charge is 2.11. The first kappa shape index (κ1) is 11.5. The number of rotatable bonds is 3. The van der Waals surface area contributed by atoms with Gasteiger partial charge in [-0.1, -0.05) is 22.0 Å². The maximum atomic E-state index is 12.4. The van der Waals surface area contributed by atoms with Gasteiger partial charge in [0.05, 0.1) is 7.11 Å². The largest absolute Gasteiger partial charge is 0.497 e. The molecule has 0 aliphatic heterocycles. The SMILES string of the molecule is COc1ccc(CS(=O)(=O)F)c(Br)c1. The molecule has 0 fully saturated rings. The number of ether oxygens (including phenoxy) is 1. The van der Waals surface area contributed by atoms with Crippen molar-refractivity contribution in [3.05, 3.63) is 28.2 Å². The van der Waals surface area contributed by atoms with Crippen molar-refractivity contribution >= 4 is 26.2 Å². The van der Waals surface area contributed by atoms with Crippen LogP contribution in [-0.4, -0.2) is 15.5 Å². The molecule has 78 valence electrons. The van der Waals surface area contributed by atoms with Gasteiger partial charge in [-0.2, -0.15) is 8.42 Å². The minimum Gasteiger partial charge on any atom is -0.497 e. The van der Waals surface area contributed by atoms with Gasteiger partial charge in [0.25, 0.3) is 0 Å². The quantitative estimate of drug-likeness (QED) is 0.799. The molecule has 0 unspecified atom stereocenters. The summed E-state index contributed by atoms with van der Waals surface area (Å²) < 4.78 is 38.6. The van der Waals surface area contributed by atoms with Gasteiger partial charge in [-0.3, -0.25) is 0 Å². The average molecular weight is 283 g/mol. The highest BCUT2D eigenvalue weighted by Crippen LogP contribution is 2.24. The number of hydrogen-bond acceptors (Lipinski definition) is 3. The van der Waals surface area contributed by atoms with E-state index in [2.05, 4.69) is 15.9 Å². The molecule has 3 nitrogen and oxygen atoms in total. The number of halogens is 2. The van der Waals surface area contributed by atoms with Crippen molar-refractivity contribution in [2.45, 2.75) is 5.75 Å². The van der Waals surface area contributed by atoms with Gasteiger partial charge in [0.2, 0.25) is 0 Å². The first-order chi connectivity index (χ1) is 6.42. The zero-order valence-electron chi connectivity index (χ0n) is 7.33. The van der Waals surface area contributed by atoms with Crippen LogP contribution in [0.4, 0.5) is 3.89 Å². The van der Waals surface area contributed by atoms with Crippen LogP contribution in [0.2, 0.25) is 0 Å². The summed E-state index contributed by atoms with van der Waals surface area (Å²) in [5.74, 6) is -0.0470. The van der Waals surface area contributed by atoms with Crippen molar-refractivity contribution in [3.63, 3.8) is 0 Å². The van der Waals surface area contributed by atoms with Crippen LogP contribution in [0, 0.1) is 0 Å². The Morgan fingerprint density at radius 2 is 2.14 bits per heavy atom. The summed E-state index contributed by atoms with van der Waals surface area (Å²) in [6.07, 6.45) is 0. The fourth-order valence-corrected chi connectivity index (χ4v) is 2.26. The molecule has 0 aliphatic carbocycles. The van der Waals surface area contributed by atoms with Crippen molar-refractivity contribution < 1.29 is 17.0 Å². The molecule has 0 radical (unpaired) electrons. The second-order valence-corrected chi connectivity index (χ2v) is 4.86. The summed E-state index contributed by atoms with van der Waals surface area (Å²) in [5, 5.41) is 0. The number of benzene rings is 1.